The predicted octanol–water partition coefficient (Wildman–Crippen LogP) is 3.35. The van der Waals surface area contributed by atoms with Gasteiger partial charge in [0.25, 0.3) is 0 Å². The summed E-state index contributed by atoms with van der Waals surface area (Å²) in [6.45, 7) is 8.09. The molecule has 0 aliphatic carbocycles. The fraction of sp³-hybridized carbons (Fsp3) is 0.667. The van der Waals surface area contributed by atoms with Gasteiger partial charge in [-0.2, -0.15) is 0 Å². The molecular formula is C18H30N2O2S. The fourth-order valence-corrected chi connectivity index (χ4v) is 4.06. The van der Waals surface area contributed by atoms with E-state index in [0.717, 1.165) is 32.5 Å². The highest BCUT2D eigenvalue weighted by atomic mass is 32.2. The molecule has 5 heteroatoms. The van der Waals surface area contributed by atoms with Crippen LogP contribution in [-0.4, -0.2) is 39.5 Å². The summed E-state index contributed by atoms with van der Waals surface area (Å²) in [5.74, 6) is 0.462. The summed E-state index contributed by atoms with van der Waals surface area (Å²) in [5.41, 5.74) is 1.19. The molecule has 1 saturated heterocycles. The van der Waals surface area contributed by atoms with Crippen LogP contribution in [0.5, 0.6) is 0 Å². The Labute approximate surface area is 141 Å². The summed E-state index contributed by atoms with van der Waals surface area (Å²) in [4.78, 5) is 2.79. The lowest BCUT2D eigenvalue weighted by Crippen LogP contribution is -2.33. The molecule has 1 aromatic carbocycles. The normalized spacial score (nSPS) is 18.0. The molecule has 1 unspecified atom stereocenters. The Hall–Kier alpha value is -0.910. The largest absolute Gasteiger partial charge is 0.303 e. The quantitative estimate of drug-likeness (QED) is 0.740. The molecule has 1 aliphatic heterocycles. The molecule has 0 aromatic heterocycles. The van der Waals surface area contributed by atoms with Gasteiger partial charge in [-0.1, -0.05) is 32.4 Å². The summed E-state index contributed by atoms with van der Waals surface area (Å²) in [7, 11) is -3.38. The summed E-state index contributed by atoms with van der Waals surface area (Å²) >= 11 is 0. The average Bonchev–Trinajstić information content (AvgIpc) is 2.59. The topological polar surface area (TPSA) is 49.4 Å². The van der Waals surface area contributed by atoms with E-state index in [1.807, 2.05) is 12.1 Å². The second-order valence-corrected chi connectivity index (χ2v) is 8.30. The molecule has 1 atom stereocenters. The standard InChI is InChI=1S/C18H30N2O2S/c1-3-16(2)17-8-10-18(11-9-17)23(21,22)19-12-7-15-20-13-5-4-6-14-20/h8-11,16,19H,3-7,12-15H2,1-2H3. The molecule has 23 heavy (non-hydrogen) atoms. The Kier molecular flexibility index (Phi) is 7.06. The molecule has 1 aliphatic rings. The van der Waals surface area contributed by atoms with Crippen molar-refractivity contribution in [3.05, 3.63) is 29.8 Å². The molecule has 0 spiro atoms. The Balaban J connectivity index is 1.81. The number of hydrogen-bond acceptors (Lipinski definition) is 3. The maximum atomic E-state index is 12.3. The lowest BCUT2D eigenvalue weighted by Gasteiger charge is -2.26. The third kappa shape index (κ3) is 5.59. The number of nitrogens with one attached hydrogen (secondary N) is 1. The van der Waals surface area contributed by atoms with Crippen LogP contribution in [0, 0.1) is 0 Å². The van der Waals surface area contributed by atoms with Gasteiger partial charge in [-0.05, 0) is 68.9 Å². The van der Waals surface area contributed by atoms with Gasteiger partial charge in [0.15, 0.2) is 0 Å². The maximum absolute atomic E-state index is 12.3. The molecule has 1 heterocycles. The summed E-state index contributed by atoms with van der Waals surface area (Å²) in [6, 6.07) is 7.29. The van der Waals surface area contributed by atoms with Crippen molar-refractivity contribution in [3.63, 3.8) is 0 Å². The summed E-state index contributed by atoms with van der Waals surface area (Å²) < 4.78 is 27.3. The molecule has 0 radical (unpaired) electrons. The molecule has 1 fully saturated rings. The van der Waals surface area contributed by atoms with Crippen LogP contribution < -0.4 is 4.72 Å². The highest BCUT2D eigenvalue weighted by Crippen LogP contribution is 2.20. The lowest BCUT2D eigenvalue weighted by molar-refractivity contribution is 0.227. The van der Waals surface area contributed by atoms with E-state index in [-0.39, 0.29) is 0 Å². The molecule has 0 bridgehead atoms. The van der Waals surface area contributed by atoms with Crippen LogP contribution >= 0.6 is 0 Å². The Morgan fingerprint density at radius 2 is 1.78 bits per heavy atom. The number of hydrogen-bond donors (Lipinski definition) is 1. The van der Waals surface area contributed by atoms with Gasteiger partial charge in [-0.3, -0.25) is 0 Å². The van der Waals surface area contributed by atoms with Gasteiger partial charge < -0.3 is 4.90 Å². The smallest absolute Gasteiger partial charge is 0.240 e. The fourth-order valence-electron chi connectivity index (χ4n) is 2.99. The minimum atomic E-state index is -3.38. The molecule has 0 amide bonds. The Morgan fingerprint density at radius 3 is 2.39 bits per heavy atom. The average molecular weight is 339 g/mol. The van der Waals surface area contributed by atoms with Gasteiger partial charge in [-0.15, -0.1) is 0 Å². The summed E-state index contributed by atoms with van der Waals surface area (Å²) in [5, 5.41) is 0. The van der Waals surface area contributed by atoms with Crippen molar-refractivity contribution >= 4 is 10.0 Å². The molecule has 1 N–H and O–H groups in total. The lowest BCUT2D eigenvalue weighted by atomic mass is 9.99. The number of sulfonamides is 1. The predicted molar refractivity (Wildman–Crippen MR) is 95.2 cm³/mol. The van der Waals surface area contributed by atoms with Gasteiger partial charge in [-0.25, -0.2) is 13.1 Å². The zero-order valence-electron chi connectivity index (χ0n) is 14.4. The van der Waals surface area contributed by atoms with Crippen molar-refractivity contribution in [2.45, 2.75) is 56.8 Å². The molecular weight excluding hydrogens is 308 g/mol. The van der Waals surface area contributed by atoms with Crippen LogP contribution in [0.1, 0.15) is 57.4 Å². The minimum Gasteiger partial charge on any atom is -0.303 e. The maximum Gasteiger partial charge on any atom is 0.240 e. The van der Waals surface area contributed by atoms with Crippen molar-refractivity contribution in [2.75, 3.05) is 26.2 Å². The van der Waals surface area contributed by atoms with Crippen LogP contribution in [0.2, 0.25) is 0 Å². The SMILES string of the molecule is CCC(C)c1ccc(S(=O)(=O)NCCCN2CCCCC2)cc1. The second-order valence-electron chi connectivity index (χ2n) is 6.53. The first kappa shape index (κ1) is 18.4. The third-order valence-electron chi connectivity index (χ3n) is 4.76. The van der Waals surface area contributed by atoms with Crippen LogP contribution in [-0.2, 0) is 10.0 Å². The van der Waals surface area contributed by atoms with E-state index in [1.54, 1.807) is 12.1 Å². The highest BCUT2D eigenvalue weighted by Gasteiger charge is 2.15. The van der Waals surface area contributed by atoms with Crippen LogP contribution in [0.3, 0.4) is 0 Å². The van der Waals surface area contributed by atoms with Crippen LogP contribution in [0.15, 0.2) is 29.2 Å². The highest BCUT2D eigenvalue weighted by molar-refractivity contribution is 7.89. The zero-order valence-corrected chi connectivity index (χ0v) is 15.2. The van der Waals surface area contributed by atoms with Gasteiger partial charge in [0, 0.05) is 6.54 Å². The van der Waals surface area contributed by atoms with E-state index < -0.39 is 10.0 Å². The first-order chi connectivity index (χ1) is 11.0. The zero-order chi connectivity index (χ0) is 16.7. The minimum absolute atomic E-state index is 0.363. The van der Waals surface area contributed by atoms with Crippen molar-refractivity contribution in [1.29, 1.82) is 0 Å². The van der Waals surface area contributed by atoms with Crippen LogP contribution in [0.4, 0.5) is 0 Å². The van der Waals surface area contributed by atoms with Gasteiger partial charge in [0.2, 0.25) is 10.0 Å². The van der Waals surface area contributed by atoms with Crippen molar-refractivity contribution < 1.29 is 8.42 Å². The molecule has 2 rings (SSSR count). The van der Waals surface area contributed by atoms with E-state index in [4.69, 9.17) is 0 Å². The number of rotatable bonds is 8. The van der Waals surface area contributed by atoms with Gasteiger partial charge in [0.05, 0.1) is 4.90 Å². The van der Waals surface area contributed by atoms with Crippen molar-refractivity contribution in [1.82, 2.24) is 9.62 Å². The van der Waals surface area contributed by atoms with Crippen molar-refractivity contribution in [2.24, 2.45) is 0 Å². The molecule has 4 nitrogen and oxygen atoms in total. The van der Waals surface area contributed by atoms with E-state index in [0.29, 0.717) is 17.4 Å². The molecule has 1 aromatic rings. The van der Waals surface area contributed by atoms with E-state index >= 15 is 0 Å². The van der Waals surface area contributed by atoms with Crippen molar-refractivity contribution in [3.8, 4) is 0 Å². The number of piperidine rings is 1. The van der Waals surface area contributed by atoms with E-state index in [1.165, 1.54) is 24.8 Å². The third-order valence-corrected chi connectivity index (χ3v) is 6.24. The van der Waals surface area contributed by atoms with Gasteiger partial charge in [0.1, 0.15) is 0 Å². The number of nitrogens with zero attached hydrogens (tertiary/aromatic N) is 1. The van der Waals surface area contributed by atoms with Gasteiger partial charge >= 0.3 is 0 Å². The number of likely N-dealkylation sites (tertiary alicyclic amines) is 1. The number of benzene rings is 1. The first-order valence-corrected chi connectivity index (χ1v) is 10.3. The molecule has 130 valence electrons. The second kappa shape index (κ2) is 8.81. The molecule has 0 saturated carbocycles. The van der Waals surface area contributed by atoms with Crippen LogP contribution in [0.25, 0.3) is 0 Å². The monoisotopic (exact) mass is 338 g/mol. The van der Waals surface area contributed by atoms with E-state index in [9.17, 15) is 8.42 Å². The summed E-state index contributed by atoms with van der Waals surface area (Å²) in [6.07, 6.45) is 5.79. The first-order valence-electron chi connectivity index (χ1n) is 8.85. The Bertz CT molecular complexity index is 563. The Morgan fingerprint density at radius 1 is 1.13 bits per heavy atom. The van der Waals surface area contributed by atoms with E-state index in [2.05, 4.69) is 23.5 Å².